The molecule has 1 N–H and O–H groups in total. The number of rotatable bonds is 4. The molecule has 0 atom stereocenters. The number of hydrogen-bond donors (Lipinski definition) is 1. The SMILES string of the molecule is CCN(c1ccccc1F)c1ncncc1C(=O)O. The van der Waals surface area contributed by atoms with E-state index in [0.29, 0.717) is 6.54 Å². The first kappa shape index (κ1) is 12.9. The maximum absolute atomic E-state index is 13.8. The Bertz CT molecular complexity index is 604. The number of aromatic carboxylic acids is 1. The van der Waals surface area contributed by atoms with Crippen LogP contribution in [0.4, 0.5) is 15.9 Å². The quantitative estimate of drug-likeness (QED) is 0.915. The van der Waals surface area contributed by atoms with Gasteiger partial charge in [0.25, 0.3) is 0 Å². The zero-order valence-corrected chi connectivity index (χ0v) is 10.2. The van der Waals surface area contributed by atoms with Crippen molar-refractivity contribution < 1.29 is 14.3 Å². The van der Waals surface area contributed by atoms with Gasteiger partial charge in [-0.2, -0.15) is 0 Å². The standard InChI is InChI=1S/C13H12FN3O2/c1-2-17(11-6-4-3-5-10(11)14)12-9(13(18)19)7-15-8-16-12/h3-8H,2H2,1H3,(H,18,19). The van der Waals surface area contributed by atoms with Gasteiger partial charge in [-0.25, -0.2) is 19.2 Å². The van der Waals surface area contributed by atoms with Crippen LogP contribution in [0.2, 0.25) is 0 Å². The molecule has 0 aliphatic carbocycles. The maximum atomic E-state index is 13.8. The van der Waals surface area contributed by atoms with Gasteiger partial charge < -0.3 is 10.0 Å². The fourth-order valence-corrected chi connectivity index (χ4v) is 1.79. The highest BCUT2D eigenvalue weighted by atomic mass is 19.1. The van der Waals surface area contributed by atoms with E-state index in [9.17, 15) is 9.18 Å². The normalized spacial score (nSPS) is 10.2. The molecule has 19 heavy (non-hydrogen) atoms. The van der Waals surface area contributed by atoms with Gasteiger partial charge in [-0.1, -0.05) is 12.1 Å². The molecule has 1 heterocycles. The van der Waals surface area contributed by atoms with Crippen LogP contribution in [-0.2, 0) is 0 Å². The first-order valence-electron chi connectivity index (χ1n) is 5.70. The van der Waals surface area contributed by atoms with Gasteiger partial charge in [0.05, 0.1) is 5.69 Å². The lowest BCUT2D eigenvalue weighted by molar-refractivity contribution is 0.0697. The van der Waals surface area contributed by atoms with Crippen LogP contribution in [0.25, 0.3) is 0 Å². The molecule has 98 valence electrons. The Morgan fingerprint density at radius 3 is 2.79 bits per heavy atom. The molecule has 0 spiro atoms. The zero-order valence-electron chi connectivity index (χ0n) is 10.2. The summed E-state index contributed by atoms with van der Waals surface area (Å²) in [7, 11) is 0. The van der Waals surface area contributed by atoms with Crippen LogP contribution in [-0.4, -0.2) is 27.6 Å². The van der Waals surface area contributed by atoms with Crippen LogP contribution in [0.1, 0.15) is 17.3 Å². The molecular formula is C13H12FN3O2. The van der Waals surface area contributed by atoms with Crippen LogP contribution in [0.5, 0.6) is 0 Å². The van der Waals surface area contributed by atoms with Crippen LogP contribution >= 0.6 is 0 Å². The van der Waals surface area contributed by atoms with Crippen molar-refractivity contribution in [2.24, 2.45) is 0 Å². The van der Waals surface area contributed by atoms with Crippen molar-refractivity contribution in [1.29, 1.82) is 0 Å². The van der Waals surface area contributed by atoms with Gasteiger partial charge in [0.1, 0.15) is 17.7 Å². The molecule has 0 aliphatic heterocycles. The Morgan fingerprint density at radius 2 is 2.16 bits per heavy atom. The van der Waals surface area contributed by atoms with Gasteiger partial charge >= 0.3 is 5.97 Å². The van der Waals surface area contributed by atoms with E-state index in [-0.39, 0.29) is 17.1 Å². The molecule has 0 aliphatic rings. The summed E-state index contributed by atoms with van der Waals surface area (Å²) < 4.78 is 13.8. The third-order valence-electron chi connectivity index (χ3n) is 2.64. The number of carboxylic acids is 1. The molecule has 2 aromatic rings. The van der Waals surface area contributed by atoms with E-state index in [2.05, 4.69) is 9.97 Å². The molecule has 6 heteroatoms. The van der Waals surface area contributed by atoms with Crippen molar-refractivity contribution in [1.82, 2.24) is 9.97 Å². The highest BCUT2D eigenvalue weighted by molar-refractivity contribution is 5.93. The second-order valence-electron chi connectivity index (χ2n) is 3.76. The van der Waals surface area contributed by atoms with Crippen LogP contribution in [0.15, 0.2) is 36.8 Å². The van der Waals surface area contributed by atoms with E-state index in [1.165, 1.54) is 23.5 Å². The Hall–Kier alpha value is -2.50. The summed E-state index contributed by atoms with van der Waals surface area (Å²) >= 11 is 0. The summed E-state index contributed by atoms with van der Waals surface area (Å²) in [6.07, 6.45) is 2.44. The Morgan fingerprint density at radius 1 is 1.42 bits per heavy atom. The van der Waals surface area contributed by atoms with Gasteiger partial charge in [0.2, 0.25) is 0 Å². The number of carboxylic acid groups (broad SMARTS) is 1. The largest absolute Gasteiger partial charge is 0.477 e. The van der Waals surface area contributed by atoms with Crippen molar-refractivity contribution in [3.05, 3.63) is 48.2 Å². The monoisotopic (exact) mass is 261 g/mol. The fourth-order valence-electron chi connectivity index (χ4n) is 1.79. The number of carbonyl (C=O) groups is 1. The molecule has 2 rings (SSSR count). The maximum Gasteiger partial charge on any atom is 0.341 e. The first-order chi connectivity index (χ1) is 9.15. The van der Waals surface area contributed by atoms with Gasteiger partial charge in [-0.15, -0.1) is 0 Å². The number of anilines is 2. The second-order valence-corrected chi connectivity index (χ2v) is 3.76. The lowest BCUT2D eigenvalue weighted by Crippen LogP contribution is -2.21. The van der Waals surface area contributed by atoms with Crippen LogP contribution < -0.4 is 4.90 Å². The number of halogens is 1. The molecule has 5 nitrogen and oxygen atoms in total. The number of benzene rings is 1. The van der Waals surface area contributed by atoms with Crippen molar-refractivity contribution >= 4 is 17.5 Å². The summed E-state index contributed by atoms with van der Waals surface area (Å²) in [5.74, 6) is -1.40. The molecule has 0 fully saturated rings. The minimum Gasteiger partial charge on any atom is -0.477 e. The summed E-state index contributed by atoms with van der Waals surface area (Å²) in [5.41, 5.74) is 0.221. The van der Waals surface area contributed by atoms with Gasteiger partial charge in [0.15, 0.2) is 5.82 Å². The third kappa shape index (κ3) is 2.52. The highest BCUT2D eigenvalue weighted by Gasteiger charge is 2.19. The van der Waals surface area contributed by atoms with E-state index in [0.717, 1.165) is 0 Å². The van der Waals surface area contributed by atoms with Gasteiger partial charge in [-0.05, 0) is 19.1 Å². The number of para-hydroxylation sites is 1. The average Bonchev–Trinajstić information content (AvgIpc) is 2.42. The molecule has 1 aromatic heterocycles. The lowest BCUT2D eigenvalue weighted by atomic mass is 10.2. The molecule has 1 aromatic carbocycles. The van der Waals surface area contributed by atoms with Crippen LogP contribution in [0.3, 0.4) is 0 Å². The fraction of sp³-hybridized carbons (Fsp3) is 0.154. The second kappa shape index (κ2) is 5.43. The minimum atomic E-state index is -1.15. The van der Waals surface area contributed by atoms with Gasteiger partial charge in [-0.3, -0.25) is 0 Å². The van der Waals surface area contributed by atoms with Crippen molar-refractivity contribution in [3.63, 3.8) is 0 Å². The molecule has 0 saturated carbocycles. The molecule has 0 radical (unpaired) electrons. The van der Waals surface area contributed by atoms with Gasteiger partial charge in [0, 0.05) is 12.7 Å². The Balaban J connectivity index is 2.55. The minimum absolute atomic E-state index is 0.0624. The van der Waals surface area contributed by atoms with Crippen molar-refractivity contribution in [2.75, 3.05) is 11.4 Å². The topological polar surface area (TPSA) is 66.3 Å². The van der Waals surface area contributed by atoms with E-state index >= 15 is 0 Å². The number of nitrogens with zero attached hydrogens (tertiary/aromatic N) is 3. The highest BCUT2D eigenvalue weighted by Crippen LogP contribution is 2.27. The molecular weight excluding hydrogens is 249 g/mol. The molecule has 0 bridgehead atoms. The average molecular weight is 261 g/mol. The predicted molar refractivity (Wildman–Crippen MR) is 68.1 cm³/mol. The number of hydrogen-bond acceptors (Lipinski definition) is 4. The summed E-state index contributed by atoms with van der Waals surface area (Å²) in [4.78, 5) is 20.3. The van der Waals surface area contributed by atoms with E-state index in [4.69, 9.17) is 5.11 Å². The molecule has 0 saturated heterocycles. The molecule has 0 unspecified atom stereocenters. The summed E-state index contributed by atoms with van der Waals surface area (Å²) in [6.45, 7) is 2.18. The van der Waals surface area contributed by atoms with Crippen LogP contribution in [0, 0.1) is 5.82 Å². The summed E-state index contributed by atoms with van der Waals surface area (Å²) in [5, 5.41) is 9.13. The molecule has 0 amide bonds. The zero-order chi connectivity index (χ0) is 13.8. The third-order valence-corrected chi connectivity index (χ3v) is 2.64. The van der Waals surface area contributed by atoms with Crippen molar-refractivity contribution in [3.8, 4) is 0 Å². The smallest absolute Gasteiger partial charge is 0.341 e. The lowest BCUT2D eigenvalue weighted by Gasteiger charge is -2.23. The van der Waals surface area contributed by atoms with E-state index in [1.54, 1.807) is 25.1 Å². The number of aromatic nitrogens is 2. The Kier molecular flexibility index (Phi) is 3.70. The Labute approximate surface area is 109 Å². The predicted octanol–water partition coefficient (Wildman–Crippen LogP) is 2.47. The van der Waals surface area contributed by atoms with E-state index in [1.807, 2.05) is 0 Å². The van der Waals surface area contributed by atoms with E-state index < -0.39 is 11.8 Å². The first-order valence-corrected chi connectivity index (χ1v) is 5.70. The van der Waals surface area contributed by atoms with Crippen molar-refractivity contribution in [2.45, 2.75) is 6.92 Å². The summed E-state index contributed by atoms with van der Waals surface area (Å²) in [6, 6.07) is 6.15.